The Morgan fingerprint density at radius 2 is 1.38 bits per heavy atom. The first-order valence-corrected chi connectivity index (χ1v) is 10.7. The number of hydrogen-bond donors (Lipinski definition) is 7. The summed E-state index contributed by atoms with van der Waals surface area (Å²) in [5.41, 5.74) is 1.55. The second-order valence-electron chi connectivity index (χ2n) is 9.09. The van der Waals surface area contributed by atoms with Gasteiger partial charge in [-0.25, -0.2) is 4.59 Å². The van der Waals surface area contributed by atoms with Gasteiger partial charge in [0.1, 0.15) is 17.6 Å². The van der Waals surface area contributed by atoms with Gasteiger partial charge < -0.3 is 26.4 Å². The third-order valence-corrected chi connectivity index (χ3v) is 4.56. The molecule has 5 amide bonds. The van der Waals surface area contributed by atoms with Crippen LogP contribution < -0.4 is 32.0 Å². The van der Waals surface area contributed by atoms with E-state index in [0.717, 1.165) is 0 Å². The first kappa shape index (κ1) is 30.7. The summed E-state index contributed by atoms with van der Waals surface area (Å²) in [6.45, 7) is 8.42. The van der Waals surface area contributed by atoms with Gasteiger partial charge >= 0.3 is 5.97 Å². The molecule has 0 heterocycles. The molecule has 0 aliphatic rings. The molecule has 0 aromatic carbocycles. The molecule has 0 aliphatic heterocycles. The molecule has 34 heavy (non-hydrogen) atoms. The van der Waals surface area contributed by atoms with Crippen molar-refractivity contribution in [3.05, 3.63) is 0 Å². The van der Waals surface area contributed by atoms with Crippen LogP contribution in [0.1, 0.15) is 41.5 Å². The van der Waals surface area contributed by atoms with Gasteiger partial charge in [-0.2, -0.15) is 5.43 Å². The fraction of sp³-hybridized carbons (Fsp3) is 0.700. The molecule has 0 radical (unpaired) electrons. The van der Waals surface area contributed by atoms with Crippen LogP contribution in [0.3, 0.4) is 0 Å². The average Bonchev–Trinajstić information content (AvgIpc) is 2.68. The Morgan fingerprint density at radius 3 is 1.88 bits per heavy atom. The highest BCUT2D eigenvalue weighted by atomic mass is 16.4. The lowest BCUT2D eigenvalue weighted by Gasteiger charge is -2.31. The number of amides is 5. The number of rotatable bonds is 13. The van der Waals surface area contributed by atoms with Crippen LogP contribution in [0.25, 0.3) is 0 Å². The van der Waals surface area contributed by atoms with E-state index in [1.807, 2.05) is 0 Å². The number of aliphatic carboxylic acids is 1. The van der Waals surface area contributed by atoms with Gasteiger partial charge in [-0.1, -0.05) is 0 Å². The number of nitrogens with one attached hydrogen (secondary N) is 6. The first-order chi connectivity index (χ1) is 15.4. The van der Waals surface area contributed by atoms with Crippen LogP contribution in [0, 0.1) is 0 Å². The number of carbonyl (C=O) groups excluding carboxylic acids is 5. The van der Waals surface area contributed by atoms with Crippen LogP contribution in [-0.2, 0) is 28.8 Å². The predicted molar refractivity (Wildman–Crippen MR) is 121 cm³/mol. The molecule has 194 valence electrons. The van der Waals surface area contributed by atoms with Crippen LogP contribution >= 0.6 is 0 Å². The topological polar surface area (TPSA) is 195 Å². The highest BCUT2D eigenvalue weighted by Crippen LogP contribution is 2.02. The SMILES string of the molecule is CC(=O)NC(C)(C)C(=O)NC[N+](C)(C)NC(=O)CN[C@H](C)C(=O)N[C@H](C)C(=O)N[C@H](C)C(=O)O. The van der Waals surface area contributed by atoms with Crippen molar-refractivity contribution in [3.8, 4) is 0 Å². The molecule has 0 spiro atoms. The smallest absolute Gasteiger partial charge is 0.325 e. The number of carboxylic acid groups (broad SMARTS) is 1. The van der Waals surface area contributed by atoms with Crippen molar-refractivity contribution in [2.45, 2.75) is 65.2 Å². The van der Waals surface area contributed by atoms with Gasteiger partial charge in [0.2, 0.25) is 23.6 Å². The zero-order chi connectivity index (χ0) is 26.9. The molecule has 0 aliphatic carbocycles. The fourth-order valence-corrected chi connectivity index (χ4v) is 2.55. The largest absolute Gasteiger partial charge is 0.480 e. The van der Waals surface area contributed by atoms with E-state index in [4.69, 9.17) is 5.11 Å². The summed E-state index contributed by atoms with van der Waals surface area (Å²) in [5, 5.41) is 21.4. The Hall–Kier alpha value is -3.26. The lowest BCUT2D eigenvalue weighted by molar-refractivity contribution is -0.926. The molecule has 0 saturated carbocycles. The van der Waals surface area contributed by atoms with Crippen molar-refractivity contribution in [2.24, 2.45) is 0 Å². The van der Waals surface area contributed by atoms with E-state index in [9.17, 15) is 28.8 Å². The monoisotopic (exact) mass is 488 g/mol. The quantitative estimate of drug-likeness (QED) is 0.0817. The Bertz CT molecular complexity index is 798. The Morgan fingerprint density at radius 1 is 0.882 bits per heavy atom. The summed E-state index contributed by atoms with van der Waals surface area (Å²) in [4.78, 5) is 70.8. The Kier molecular flexibility index (Phi) is 11.6. The Balaban J connectivity index is 4.57. The minimum absolute atomic E-state index is 0.0328. The Labute approximate surface area is 199 Å². The molecular formula is C20H38N7O7+. The number of carbonyl (C=O) groups is 6. The molecule has 0 aromatic rings. The number of nitrogens with zero attached hydrogens (tertiary/aromatic N) is 1. The summed E-state index contributed by atoms with van der Waals surface area (Å²) < 4.78 is -0.109. The molecule has 0 fully saturated rings. The van der Waals surface area contributed by atoms with Crippen molar-refractivity contribution < 1.29 is 38.5 Å². The van der Waals surface area contributed by atoms with E-state index in [2.05, 4.69) is 32.0 Å². The molecule has 14 nitrogen and oxygen atoms in total. The van der Waals surface area contributed by atoms with Crippen LogP contribution in [0.5, 0.6) is 0 Å². The van der Waals surface area contributed by atoms with E-state index in [-0.39, 0.29) is 23.7 Å². The van der Waals surface area contributed by atoms with Crippen LogP contribution in [0.4, 0.5) is 0 Å². The maximum atomic E-state index is 12.3. The van der Waals surface area contributed by atoms with E-state index in [1.54, 1.807) is 27.9 Å². The third-order valence-electron chi connectivity index (χ3n) is 4.56. The van der Waals surface area contributed by atoms with E-state index < -0.39 is 53.3 Å². The molecule has 0 aromatic heterocycles. The van der Waals surface area contributed by atoms with E-state index in [0.29, 0.717) is 0 Å². The van der Waals surface area contributed by atoms with Crippen molar-refractivity contribution in [2.75, 3.05) is 27.3 Å². The van der Waals surface area contributed by atoms with E-state index in [1.165, 1.54) is 27.7 Å². The third kappa shape index (κ3) is 11.6. The zero-order valence-corrected chi connectivity index (χ0v) is 21.0. The molecule has 0 saturated heterocycles. The van der Waals surface area contributed by atoms with E-state index >= 15 is 0 Å². The van der Waals surface area contributed by atoms with Crippen LogP contribution in [0.2, 0.25) is 0 Å². The van der Waals surface area contributed by atoms with Crippen molar-refractivity contribution >= 4 is 35.5 Å². The fourth-order valence-electron chi connectivity index (χ4n) is 2.55. The summed E-state index contributed by atoms with van der Waals surface area (Å²) in [6, 6.07) is -2.91. The molecule has 7 N–H and O–H groups in total. The molecule has 3 atom stereocenters. The minimum atomic E-state index is -1.20. The maximum absolute atomic E-state index is 12.3. The first-order valence-electron chi connectivity index (χ1n) is 10.7. The number of hydrogen-bond acceptors (Lipinski definition) is 7. The van der Waals surface area contributed by atoms with Gasteiger partial charge in [0.05, 0.1) is 26.7 Å². The standard InChI is InChI=1S/C20H37N7O7/c1-11(16(30)23-12(2)17(31)24-13(3)18(32)33)21-9-15(29)26-27(7,8)10-22-19(34)20(5,6)25-14(4)28/h11-13,21H,9-10H2,1-8H3,(H5-,22,23,24,25,26,28,29,30,31,32,33,34)/p+1/t11-,12-,13-/m1/s1. The lowest BCUT2D eigenvalue weighted by atomic mass is 10.0. The van der Waals surface area contributed by atoms with Gasteiger partial charge in [-0.15, -0.1) is 0 Å². The summed E-state index contributed by atoms with van der Waals surface area (Å²) in [6.07, 6.45) is 0. The van der Waals surface area contributed by atoms with Gasteiger partial charge in [-0.05, 0) is 34.6 Å². The van der Waals surface area contributed by atoms with Gasteiger partial charge in [0, 0.05) is 6.92 Å². The molecule has 0 bridgehead atoms. The summed E-state index contributed by atoms with van der Waals surface area (Å²) in [7, 11) is 3.27. The van der Waals surface area contributed by atoms with Crippen LogP contribution in [-0.4, -0.2) is 96.2 Å². The number of carboxylic acids is 1. The molecule has 0 rings (SSSR count). The minimum Gasteiger partial charge on any atom is -0.480 e. The summed E-state index contributed by atoms with van der Waals surface area (Å²) in [5.74, 6) is -3.65. The number of quaternary nitrogens is 1. The second kappa shape index (κ2) is 12.8. The van der Waals surface area contributed by atoms with Crippen molar-refractivity contribution in [1.29, 1.82) is 0 Å². The maximum Gasteiger partial charge on any atom is 0.325 e. The molecule has 0 unspecified atom stereocenters. The predicted octanol–water partition coefficient (Wildman–Crippen LogP) is -2.85. The van der Waals surface area contributed by atoms with Crippen molar-refractivity contribution in [1.82, 2.24) is 32.0 Å². The zero-order valence-electron chi connectivity index (χ0n) is 21.0. The normalized spacial score (nSPS) is 14.1. The molecular weight excluding hydrogens is 450 g/mol. The summed E-state index contributed by atoms with van der Waals surface area (Å²) >= 11 is 0. The van der Waals surface area contributed by atoms with Gasteiger partial charge in [0.25, 0.3) is 5.91 Å². The average molecular weight is 489 g/mol. The highest BCUT2D eigenvalue weighted by molar-refractivity contribution is 5.91. The van der Waals surface area contributed by atoms with Gasteiger partial charge in [0.15, 0.2) is 6.67 Å². The van der Waals surface area contributed by atoms with Crippen LogP contribution in [0.15, 0.2) is 0 Å². The molecule has 14 heteroatoms. The van der Waals surface area contributed by atoms with Crippen molar-refractivity contribution in [3.63, 3.8) is 0 Å². The lowest BCUT2D eigenvalue weighted by Crippen LogP contribution is -2.63. The van der Waals surface area contributed by atoms with Gasteiger partial charge in [-0.3, -0.25) is 34.1 Å². The second-order valence-corrected chi connectivity index (χ2v) is 9.09. The highest BCUT2D eigenvalue weighted by Gasteiger charge is 2.30.